The van der Waals surface area contributed by atoms with Crippen LogP contribution in [-0.4, -0.2) is 65.5 Å². The number of nitrogens with two attached hydrogens (primary N) is 1. The summed E-state index contributed by atoms with van der Waals surface area (Å²) in [4.78, 5) is 47.8. The van der Waals surface area contributed by atoms with Crippen molar-refractivity contribution in [1.82, 2.24) is 16.0 Å². The Morgan fingerprint density at radius 3 is 2.11 bits per heavy atom. The van der Waals surface area contributed by atoms with Crippen molar-refractivity contribution in [3.8, 4) is 0 Å². The Hall–Kier alpha value is -1.81. The van der Waals surface area contributed by atoms with Crippen LogP contribution in [-0.2, 0) is 19.2 Å². The zero-order valence-corrected chi connectivity index (χ0v) is 18.1. The van der Waals surface area contributed by atoms with Crippen LogP contribution in [0.15, 0.2) is 0 Å². The van der Waals surface area contributed by atoms with Crippen molar-refractivity contribution in [2.45, 2.75) is 58.7 Å². The number of carbonyl (C=O) groups excluding carboxylic acids is 3. The van der Waals surface area contributed by atoms with Gasteiger partial charge >= 0.3 is 5.97 Å². The summed E-state index contributed by atoms with van der Waals surface area (Å²) in [5, 5.41) is 16.6. The van der Waals surface area contributed by atoms with Gasteiger partial charge in [0.05, 0.1) is 12.6 Å². The van der Waals surface area contributed by atoms with Crippen molar-refractivity contribution >= 4 is 35.5 Å². The number of hydrogen-bond donors (Lipinski definition) is 5. The number of carboxylic acids is 1. The Balaban J connectivity index is 4.78. The lowest BCUT2D eigenvalue weighted by atomic mass is 10.0. The summed E-state index contributed by atoms with van der Waals surface area (Å²) in [5.74, 6) is -2.11. The first kappa shape index (κ1) is 26.2. The molecule has 0 spiro atoms. The van der Waals surface area contributed by atoms with E-state index >= 15 is 0 Å². The summed E-state index contributed by atoms with van der Waals surface area (Å²) in [5.41, 5.74) is 5.84. The van der Waals surface area contributed by atoms with Gasteiger partial charge in [0.2, 0.25) is 17.7 Å². The van der Waals surface area contributed by atoms with Gasteiger partial charge in [0.1, 0.15) is 12.1 Å². The van der Waals surface area contributed by atoms with Crippen molar-refractivity contribution < 1.29 is 24.3 Å². The highest BCUT2D eigenvalue weighted by Crippen LogP contribution is 2.07. The average Bonchev–Trinajstić information content (AvgIpc) is 2.60. The van der Waals surface area contributed by atoms with E-state index < -0.39 is 41.8 Å². The predicted octanol–water partition coefficient (Wildman–Crippen LogP) is -0.0607. The van der Waals surface area contributed by atoms with Gasteiger partial charge in [0.25, 0.3) is 0 Å². The summed E-state index contributed by atoms with van der Waals surface area (Å²) in [6.45, 7) is 6.79. The van der Waals surface area contributed by atoms with E-state index in [1.165, 1.54) is 0 Å². The Labute approximate surface area is 170 Å². The molecule has 0 aromatic carbocycles. The number of aliphatic carboxylic acids is 1. The van der Waals surface area contributed by atoms with E-state index in [4.69, 9.17) is 10.8 Å². The quantitative estimate of drug-likeness (QED) is 0.281. The Bertz CT molecular complexity index is 542. The van der Waals surface area contributed by atoms with Gasteiger partial charge in [-0.25, -0.2) is 4.79 Å². The molecule has 0 fully saturated rings. The Kier molecular flexibility index (Phi) is 12.5. The fraction of sp³-hybridized carbons (Fsp3) is 0.778. The highest BCUT2D eigenvalue weighted by atomic mass is 32.2. The van der Waals surface area contributed by atoms with E-state index in [2.05, 4.69) is 16.0 Å². The van der Waals surface area contributed by atoms with Gasteiger partial charge in [0, 0.05) is 0 Å². The van der Waals surface area contributed by atoms with E-state index in [1.807, 2.05) is 20.1 Å². The maximum Gasteiger partial charge on any atom is 0.326 e. The van der Waals surface area contributed by atoms with Crippen LogP contribution >= 0.6 is 11.8 Å². The fourth-order valence-electron chi connectivity index (χ4n) is 2.39. The first-order chi connectivity index (χ1) is 13.0. The molecular weight excluding hydrogens is 384 g/mol. The molecule has 0 aliphatic carbocycles. The van der Waals surface area contributed by atoms with Crippen molar-refractivity contribution in [2.75, 3.05) is 18.6 Å². The molecule has 0 bridgehead atoms. The van der Waals surface area contributed by atoms with Crippen LogP contribution in [0.4, 0.5) is 0 Å². The highest BCUT2D eigenvalue weighted by Gasteiger charge is 2.26. The van der Waals surface area contributed by atoms with Crippen molar-refractivity contribution in [2.24, 2.45) is 17.6 Å². The van der Waals surface area contributed by atoms with Gasteiger partial charge < -0.3 is 26.8 Å². The van der Waals surface area contributed by atoms with Crippen LogP contribution in [0.3, 0.4) is 0 Å². The second-order valence-corrected chi connectivity index (χ2v) is 8.41. The summed E-state index contributed by atoms with van der Waals surface area (Å²) in [6.07, 6.45) is 2.80. The van der Waals surface area contributed by atoms with E-state index in [0.717, 1.165) is 5.75 Å². The SMILES string of the molecule is CSCCC(N)C(=O)NC(CC(C)C)C(=O)NCC(=O)NC(C(=O)O)C(C)C. The smallest absolute Gasteiger partial charge is 0.326 e. The summed E-state index contributed by atoms with van der Waals surface area (Å²) >= 11 is 1.58. The summed E-state index contributed by atoms with van der Waals surface area (Å²) < 4.78 is 0. The molecule has 0 aromatic rings. The molecule has 162 valence electrons. The number of amides is 3. The molecule has 0 saturated heterocycles. The predicted molar refractivity (Wildman–Crippen MR) is 110 cm³/mol. The monoisotopic (exact) mass is 418 g/mol. The van der Waals surface area contributed by atoms with Gasteiger partial charge in [-0.05, 0) is 36.7 Å². The lowest BCUT2D eigenvalue weighted by Crippen LogP contribution is -2.54. The molecule has 0 saturated carbocycles. The minimum absolute atomic E-state index is 0.129. The number of carbonyl (C=O) groups is 4. The molecule has 9 nitrogen and oxygen atoms in total. The normalized spacial score (nSPS) is 14.3. The molecule has 0 aromatic heterocycles. The molecule has 0 radical (unpaired) electrons. The van der Waals surface area contributed by atoms with Gasteiger partial charge in [-0.15, -0.1) is 0 Å². The number of thioether (sulfide) groups is 1. The first-order valence-corrected chi connectivity index (χ1v) is 10.7. The molecule has 0 rings (SSSR count). The molecule has 6 N–H and O–H groups in total. The van der Waals surface area contributed by atoms with Crippen LogP contribution in [0.25, 0.3) is 0 Å². The topological polar surface area (TPSA) is 151 Å². The van der Waals surface area contributed by atoms with Gasteiger partial charge in [-0.1, -0.05) is 27.7 Å². The zero-order chi connectivity index (χ0) is 21.9. The van der Waals surface area contributed by atoms with E-state index in [1.54, 1.807) is 25.6 Å². The molecule has 0 aliphatic heterocycles. The molecule has 0 aliphatic rings. The molecule has 0 heterocycles. The van der Waals surface area contributed by atoms with Crippen LogP contribution in [0.5, 0.6) is 0 Å². The zero-order valence-electron chi connectivity index (χ0n) is 17.3. The third kappa shape index (κ3) is 10.5. The van der Waals surface area contributed by atoms with Crippen LogP contribution in [0.1, 0.15) is 40.5 Å². The molecule has 3 amide bonds. The Morgan fingerprint density at radius 2 is 1.64 bits per heavy atom. The van der Waals surface area contributed by atoms with Crippen LogP contribution < -0.4 is 21.7 Å². The average molecular weight is 419 g/mol. The third-order valence-electron chi connectivity index (χ3n) is 3.98. The van der Waals surface area contributed by atoms with Crippen molar-refractivity contribution in [3.05, 3.63) is 0 Å². The van der Waals surface area contributed by atoms with Gasteiger partial charge in [0.15, 0.2) is 0 Å². The maximum absolute atomic E-state index is 12.4. The fourth-order valence-corrected chi connectivity index (χ4v) is 2.88. The maximum atomic E-state index is 12.4. The summed E-state index contributed by atoms with van der Waals surface area (Å²) in [7, 11) is 0. The lowest BCUT2D eigenvalue weighted by molar-refractivity contribution is -0.143. The van der Waals surface area contributed by atoms with Crippen LogP contribution in [0.2, 0.25) is 0 Å². The molecular formula is C18H34N4O5S. The van der Waals surface area contributed by atoms with E-state index in [-0.39, 0.29) is 18.4 Å². The second-order valence-electron chi connectivity index (χ2n) is 7.42. The van der Waals surface area contributed by atoms with Crippen LogP contribution in [0, 0.1) is 11.8 Å². The van der Waals surface area contributed by atoms with Crippen molar-refractivity contribution in [3.63, 3.8) is 0 Å². The Morgan fingerprint density at radius 1 is 1.04 bits per heavy atom. The largest absolute Gasteiger partial charge is 0.480 e. The van der Waals surface area contributed by atoms with E-state index in [0.29, 0.717) is 12.8 Å². The summed E-state index contributed by atoms with van der Waals surface area (Å²) in [6, 6.07) is -2.56. The molecule has 10 heteroatoms. The van der Waals surface area contributed by atoms with Crippen molar-refractivity contribution in [1.29, 1.82) is 0 Å². The molecule has 3 unspecified atom stereocenters. The number of rotatable bonds is 13. The van der Waals surface area contributed by atoms with Gasteiger partial charge in [-0.2, -0.15) is 11.8 Å². The molecule has 28 heavy (non-hydrogen) atoms. The minimum atomic E-state index is -1.14. The number of nitrogens with one attached hydrogen (secondary N) is 3. The third-order valence-corrected chi connectivity index (χ3v) is 4.63. The second kappa shape index (κ2) is 13.4. The standard InChI is InChI=1S/C18H34N4O5S/c1-10(2)8-13(21-16(24)12(19)6-7-28-5)17(25)20-9-14(23)22-15(11(3)4)18(26)27/h10-13,15H,6-9,19H2,1-5H3,(H,20,25)(H,21,24)(H,22,23)(H,26,27). The van der Waals surface area contributed by atoms with E-state index in [9.17, 15) is 19.2 Å². The number of hydrogen-bond acceptors (Lipinski definition) is 6. The first-order valence-electron chi connectivity index (χ1n) is 9.34. The van der Waals surface area contributed by atoms with Gasteiger partial charge in [-0.3, -0.25) is 14.4 Å². The lowest BCUT2D eigenvalue weighted by Gasteiger charge is -2.22. The minimum Gasteiger partial charge on any atom is -0.480 e. The number of carboxylic acid groups (broad SMARTS) is 1. The molecule has 3 atom stereocenters. The highest BCUT2D eigenvalue weighted by molar-refractivity contribution is 7.98.